The summed E-state index contributed by atoms with van der Waals surface area (Å²) in [7, 11) is 1.70. The zero-order chi connectivity index (χ0) is 10.4. The molecule has 0 atom stereocenters. The topological polar surface area (TPSA) is 29.5 Å². The molecule has 76 valence electrons. The van der Waals surface area contributed by atoms with Crippen molar-refractivity contribution in [3.05, 3.63) is 30.3 Å². The van der Waals surface area contributed by atoms with Crippen LogP contribution in [0.5, 0.6) is 5.75 Å². The van der Waals surface area contributed by atoms with Gasteiger partial charge in [-0.25, -0.2) is 4.79 Å². The number of para-hydroxylation sites is 1. The Bertz CT molecular complexity index is 289. The summed E-state index contributed by atoms with van der Waals surface area (Å²) in [6, 6.07) is 9.03. The first-order valence-electron chi connectivity index (χ1n) is 4.28. The van der Waals surface area contributed by atoms with Crippen molar-refractivity contribution in [2.45, 2.75) is 0 Å². The molecule has 1 rings (SSSR count). The van der Waals surface area contributed by atoms with Crippen molar-refractivity contribution in [3.63, 3.8) is 0 Å². The van der Waals surface area contributed by atoms with Gasteiger partial charge >= 0.3 is 6.09 Å². The van der Waals surface area contributed by atoms with Crippen LogP contribution in [0.15, 0.2) is 30.3 Å². The predicted octanol–water partition coefficient (Wildman–Crippen LogP) is 2.51. The first-order valence-corrected chi connectivity index (χ1v) is 5.40. The summed E-state index contributed by atoms with van der Waals surface area (Å²) in [5.74, 6) is 0.568. The van der Waals surface area contributed by atoms with Gasteiger partial charge in [0.15, 0.2) is 0 Å². The Morgan fingerprint density at radius 3 is 2.64 bits per heavy atom. The van der Waals surface area contributed by atoms with Crippen LogP contribution in [-0.4, -0.2) is 29.9 Å². The molecule has 0 saturated heterocycles. The second kappa shape index (κ2) is 5.65. The summed E-state index contributed by atoms with van der Waals surface area (Å²) in [6.07, 6.45) is -0.337. The van der Waals surface area contributed by atoms with Crippen LogP contribution in [0.2, 0.25) is 0 Å². The fraction of sp³-hybridized carbons (Fsp3) is 0.300. The van der Waals surface area contributed by atoms with Gasteiger partial charge in [-0.3, -0.25) is 0 Å². The molecule has 14 heavy (non-hydrogen) atoms. The molecule has 0 saturated carbocycles. The fourth-order valence-corrected chi connectivity index (χ4v) is 1.42. The Kier molecular flexibility index (Phi) is 4.46. The molecular formula is C10H12BrNO2. The number of hydrogen-bond donors (Lipinski definition) is 0. The molecule has 0 N–H and O–H groups in total. The summed E-state index contributed by atoms with van der Waals surface area (Å²) < 4.78 is 5.09. The summed E-state index contributed by atoms with van der Waals surface area (Å²) in [6.45, 7) is 0.631. The van der Waals surface area contributed by atoms with Crippen LogP contribution in [0.1, 0.15) is 0 Å². The zero-order valence-corrected chi connectivity index (χ0v) is 9.53. The van der Waals surface area contributed by atoms with Crippen molar-refractivity contribution in [1.29, 1.82) is 0 Å². The maximum absolute atomic E-state index is 11.4. The molecule has 0 aliphatic heterocycles. The van der Waals surface area contributed by atoms with Gasteiger partial charge in [0, 0.05) is 18.9 Å². The molecule has 0 bridgehead atoms. The number of ether oxygens (including phenoxy) is 1. The van der Waals surface area contributed by atoms with E-state index in [4.69, 9.17) is 4.74 Å². The Balaban J connectivity index is 2.49. The Hall–Kier alpha value is -1.03. The van der Waals surface area contributed by atoms with Crippen molar-refractivity contribution < 1.29 is 9.53 Å². The van der Waals surface area contributed by atoms with Crippen LogP contribution in [0.25, 0.3) is 0 Å². The van der Waals surface area contributed by atoms with E-state index in [1.165, 1.54) is 4.90 Å². The number of carbonyl (C=O) groups excluding carboxylic acids is 1. The van der Waals surface area contributed by atoms with Gasteiger partial charge in [0.05, 0.1) is 0 Å². The van der Waals surface area contributed by atoms with E-state index in [-0.39, 0.29) is 6.09 Å². The third kappa shape index (κ3) is 3.38. The van der Waals surface area contributed by atoms with Crippen LogP contribution in [0.3, 0.4) is 0 Å². The number of alkyl halides is 1. The molecule has 3 nitrogen and oxygen atoms in total. The summed E-state index contributed by atoms with van der Waals surface area (Å²) in [4.78, 5) is 12.9. The molecule has 4 heteroatoms. The minimum Gasteiger partial charge on any atom is -0.410 e. The molecule has 0 fully saturated rings. The van der Waals surface area contributed by atoms with Gasteiger partial charge in [-0.05, 0) is 12.1 Å². The van der Waals surface area contributed by atoms with Crippen molar-refractivity contribution >= 4 is 22.0 Å². The molecule has 0 aromatic heterocycles. The SMILES string of the molecule is CN(CCBr)C(=O)Oc1ccccc1. The molecule has 0 heterocycles. The third-order valence-corrected chi connectivity index (χ3v) is 2.03. The maximum atomic E-state index is 11.4. The highest BCUT2D eigenvalue weighted by Crippen LogP contribution is 2.09. The van der Waals surface area contributed by atoms with Crippen LogP contribution < -0.4 is 4.74 Å². The van der Waals surface area contributed by atoms with Crippen LogP contribution in [0.4, 0.5) is 4.79 Å². The molecule has 1 amide bonds. The molecule has 0 unspecified atom stereocenters. The van der Waals surface area contributed by atoms with E-state index in [1.807, 2.05) is 18.2 Å². The first-order chi connectivity index (χ1) is 6.74. The number of nitrogens with zero attached hydrogens (tertiary/aromatic N) is 1. The lowest BCUT2D eigenvalue weighted by atomic mass is 10.3. The van der Waals surface area contributed by atoms with Crippen LogP contribution in [0, 0.1) is 0 Å². The fourth-order valence-electron chi connectivity index (χ4n) is 0.885. The second-order valence-corrected chi connectivity index (χ2v) is 3.58. The van der Waals surface area contributed by atoms with Gasteiger partial charge in [-0.1, -0.05) is 34.1 Å². The van der Waals surface area contributed by atoms with E-state index < -0.39 is 0 Å². The average Bonchev–Trinajstić information content (AvgIpc) is 2.19. The standard InChI is InChI=1S/C10H12BrNO2/c1-12(8-7-11)10(13)14-9-5-3-2-4-6-9/h2-6H,7-8H2,1H3. The van der Waals surface area contributed by atoms with Crippen LogP contribution in [-0.2, 0) is 0 Å². The van der Waals surface area contributed by atoms with Gasteiger partial charge in [0.2, 0.25) is 0 Å². The average molecular weight is 258 g/mol. The summed E-state index contributed by atoms with van der Waals surface area (Å²) >= 11 is 3.25. The second-order valence-electron chi connectivity index (χ2n) is 2.79. The van der Waals surface area contributed by atoms with Gasteiger partial charge in [-0.2, -0.15) is 0 Å². The smallest absolute Gasteiger partial charge is 0.410 e. The van der Waals surface area contributed by atoms with E-state index in [2.05, 4.69) is 15.9 Å². The number of hydrogen-bond acceptors (Lipinski definition) is 2. The first kappa shape index (κ1) is 11.0. The lowest BCUT2D eigenvalue weighted by Crippen LogP contribution is -2.31. The van der Waals surface area contributed by atoms with Crippen molar-refractivity contribution in [2.75, 3.05) is 18.9 Å². The Labute approximate surface area is 91.8 Å². The largest absolute Gasteiger partial charge is 0.414 e. The highest BCUT2D eigenvalue weighted by Gasteiger charge is 2.09. The normalized spacial score (nSPS) is 9.57. The van der Waals surface area contributed by atoms with E-state index >= 15 is 0 Å². The number of halogens is 1. The molecule has 0 aliphatic rings. The maximum Gasteiger partial charge on any atom is 0.414 e. The molecule has 0 spiro atoms. The minimum atomic E-state index is -0.337. The molecule has 1 aromatic rings. The molecule has 1 aromatic carbocycles. The predicted molar refractivity (Wildman–Crippen MR) is 58.9 cm³/mol. The lowest BCUT2D eigenvalue weighted by Gasteiger charge is -2.14. The quantitative estimate of drug-likeness (QED) is 0.779. The number of amides is 1. The van der Waals surface area contributed by atoms with E-state index in [1.54, 1.807) is 19.2 Å². The van der Waals surface area contributed by atoms with E-state index in [0.29, 0.717) is 12.3 Å². The van der Waals surface area contributed by atoms with E-state index in [0.717, 1.165) is 5.33 Å². The van der Waals surface area contributed by atoms with Gasteiger partial charge in [0.25, 0.3) is 0 Å². The van der Waals surface area contributed by atoms with Crippen molar-refractivity contribution in [2.24, 2.45) is 0 Å². The Morgan fingerprint density at radius 2 is 2.07 bits per heavy atom. The highest BCUT2D eigenvalue weighted by molar-refractivity contribution is 9.09. The van der Waals surface area contributed by atoms with Crippen molar-refractivity contribution in [1.82, 2.24) is 4.90 Å². The highest BCUT2D eigenvalue weighted by atomic mass is 79.9. The number of benzene rings is 1. The van der Waals surface area contributed by atoms with Crippen LogP contribution >= 0.6 is 15.9 Å². The van der Waals surface area contributed by atoms with Gasteiger partial charge in [0.1, 0.15) is 5.75 Å². The molecule has 0 radical (unpaired) electrons. The molecular weight excluding hydrogens is 246 g/mol. The number of rotatable bonds is 3. The van der Waals surface area contributed by atoms with Crippen molar-refractivity contribution in [3.8, 4) is 5.75 Å². The lowest BCUT2D eigenvalue weighted by molar-refractivity contribution is 0.165. The number of carbonyl (C=O) groups is 1. The summed E-state index contributed by atoms with van der Waals surface area (Å²) in [5, 5.41) is 0.743. The summed E-state index contributed by atoms with van der Waals surface area (Å²) in [5.41, 5.74) is 0. The third-order valence-electron chi connectivity index (χ3n) is 1.68. The minimum absolute atomic E-state index is 0.337. The Morgan fingerprint density at radius 1 is 1.43 bits per heavy atom. The molecule has 0 aliphatic carbocycles. The monoisotopic (exact) mass is 257 g/mol. The van der Waals surface area contributed by atoms with Gasteiger partial charge in [-0.15, -0.1) is 0 Å². The van der Waals surface area contributed by atoms with Gasteiger partial charge < -0.3 is 9.64 Å². The zero-order valence-electron chi connectivity index (χ0n) is 7.94. The van der Waals surface area contributed by atoms with E-state index in [9.17, 15) is 4.79 Å².